The van der Waals surface area contributed by atoms with Crippen LogP contribution in [0.3, 0.4) is 0 Å². The van der Waals surface area contributed by atoms with E-state index in [0.717, 1.165) is 0 Å². The molecule has 0 heterocycles. The number of benzene rings is 2. The van der Waals surface area contributed by atoms with Gasteiger partial charge in [-0.25, -0.2) is 4.39 Å². The number of hydrogen-bond donors (Lipinski definition) is 0. The Kier molecular flexibility index (Phi) is 4.58. The summed E-state index contributed by atoms with van der Waals surface area (Å²) in [4.78, 5) is 12.4. The second-order valence-corrected chi connectivity index (χ2v) is 4.89. The first-order valence-electron chi connectivity index (χ1n) is 5.75. The number of rotatable bonds is 5. The molecule has 2 aromatic rings. The number of carbonyl (C=O) groups is 1. The second kappa shape index (κ2) is 6.38. The minimum Gasteiger partial charge on any atom is -0.497 e. The molecule has 0 aliphatic carbocycles. The molecule has 19 heavy (non-hydrogen) atoms. The van der Waals surface area contributed by atoms with Crippen molar-refractivity contribution >= 4 is 17.5 Å². The fourth-order valence-corrected chi connectivity index (χ4v) is 2.40. The van der Waals surface area contributed by atoms with Gasteiger partial charge in [-0.1, -0.05) is 12.1 Å². The zero-order valence-electron chi connectivity index (χ0n) is 10.4. The van der Waals surface area contributed by atoms with Crippen LogP contribution in [0.15, 0.2) is 53.4 Å². The molecule has 0 aliphatic heterocycles. The van der Waals surface area contributed by atoms with Gasteiger partial charge in [-0.05, 0) is 36.4 Å². The Hall–Kier alpha value is -1.81. The van der Waals surface area contributed by atoms with Crippen LogP contribution in [-0.2, 0) is 0 Å². The van der Waals surface area contributed by atoms with Crippen LogP contribution in [0.2, 0.25) is 0 Å². The first-order chi connectivity index (χ1) is 9.20. The quantitative estimate of drug-likeness (QED) is 0.613. The Morgan fingerprint density at radius 1 is 1.16 bits per heavy atom. The van der Waals surface area contributed by atoms with Crippen LogP contribution < -0.4 is 4.74 Å². The van der Waals surface area contributed by atoms with Gasteiger partial charge in [-0.15, -0.1) is 11.8 Å². The van der Waals surface area contributed by atoms with Crippen LogP contribution in [0.4, 0.5) is 4.39 Å². The highest BCUT2D eigenvalue weighted by Gasteiger charge is 2.08. The van der Waals surface area contributed by atoms with Crippen molar-refractivity contribution in [3.05, 3.63) is 59.9 Å². The summed E-state index contributed by atoms with van der Waals surface area (Å²) < 4.78 is 18.4. The molecule has 0 fully saturated rings. The largest absolute Gasteiger partial charge is 0.497 e. The van der Waals surface area contributed by atoms with E-state index >= 15 is 0 Å². The average Bonchev–Trinajstić information content (AvgIpc) is 2.46. The third-order valence-electron chi connectivity index (χ3n) is 2.61. The predicted molar refractivity (Wildman–Crippen MR) is 74.4 cm³/mol. The second-order valence-electron chi connectivity index (χ2n) is 3.87. The van der Waals surface area contributed by atoms with Crippen molar-refractivity contribution in [1.82, 2.24) is 0 Å². The Bertz CT molecular complexity index is 567. The fraction of sp³-hybridized carbons (Fsp3) is 0.133. The molecule has 0 spiro atoms. The van der Waals surface area contributed by atoms with Crippen LogP contribution in [0.1, 0.15) is 10.4 Å². The molecule has 0 amide bonds. The van der Waals surface area contributed by atoms with Gasteiger partial charge in [-0.3, -0.25) is 4.79 Å². The highest BCUT2D eigenvalue weighted by atomic mass is 32.2. The van der Waals surface area contributed by atoms with Crippen molar-refractivity contribution in [2.75, 3.05) is 12.9 Å². The molecule has 0 saturated heterocycles. The van der Waals surface area contributed by atoms with Crippen molar-refractivity contribution in [2.45, 2.75) is 4.90 Å². The number of Topliss-reactive ketones (excluding diaryl/α,β-unsaturated/α-hetero) is 1. The zero-order valence-corrected chi connectivity index (χ0v) is 11.2. The maximum atomic E-state index is 13.4. The molecule has 0 unspecified atom stereocenters. The number of ketones is 1. The Labute approximate surface area is 115 Å². The third kappa shape index (κ3) is 3.58. The van der Waals surface area contributed by atoms with Gasteiger partial charge in [0.1, 0.15) is 11.6 Å². The summed E-state index contributed by atoms with van der Waals surface area (Å²) in [6.45, 7) is 0. The van der Waals surface area contributed by atoms with Crippen molar-refractivity contribution in [1.29, 1.82) is 0 Å². The van der Waals surface area contributed by atoms with Gasteiger partial charge in [-0.2, -0.15) is 0 Å². The minimum absolute atomic E-state index is 0.0316. The summed E-state index contributed by atoms with van der Waals surface area (Å²) in [5.41, 5.74) is 0.602. The number of ether oxygens (including phenoxy) is 1. The van der Waals surface area contributed by atoms with Crippen LogP contribution in [0.5, 0.6) is 5.75 Å². The number of thioether (sulfide) groups is 1. The normalized spacial score (nSPS) is 10.2. The maximum Gasteiger partial charge on any atom is 0.173 e. The monoisotopic (exact) mass is 276 g/mol. The molecule has 4 heteroatoms. The van der Waals surface area contributed by atoms with Gasteiger partial charge < -0.3 is 4.74 Å². The van der Waals surface area contributed by atoms with Gasteiger partial charge in [0.15, 0.2) is 5.78 Å². The number of halogens is 1. The molecule has 2 rings (SSSR count). The molecule has 0 aliphatic rings. The predicted octanol–water partition coefficient (Wildman–Crippen LogP) is 3.81. The highest BCUT2D eigenvalue weighted by Crippen LogP contribution is 2.22. The van der Waals surface area contributed by atoms with Gasteiger partial charge in [0.2, 0.25) is 0 Å². The van der Waals surface area contributed by atoms with Crippen molar-refractivity contribution < 1.29 is 13.9 Å². The average molecular weight is 276 g/mol. The maximum absolute atomic E-state index is 13.4. The molecular formula is C15H13FO2S. The van der Waals surface area contributed by atoms with Gasteiger partial charge in [0.25, 0.3) is 0 Å². The van der Waals surface area contributed by atoms with E-state index < -0.39 is 0 Å². The Morgan fingerprint density at radius 2 is 1.84 bits per heavy atom. The molecule has 98 valence electrons. The molecule has 0 radical (unpaired) electrons. The molecule has 2 nitrogen and oxygen atoms in total. The lowest BCUT2D eigenvalue weighted by molar-refractivity contribution is 0.102. The Morgan fingerprint density at radius 3 is 2.47 bits per heavy atom. The Balaban J connectivity index is 1.99. The van der Waals surface area contributed by atoms with E-state index in [-0.39, 0.29) is 17.4 Å². The van der Waals surface area contributed by atoms with Crippen molar-refractivity contribution in [2.24, 2.45) is 0 Å². The van der Waals surface area contributed by atoms with Crippen LogP contribution >= 0.6 is 11.8 Å². The molecule has 0 N–H and O–H groups in total. The van der Waals surface area contributed by atoms with Crippen molar-refractivity contribution in [3.63, 3.8) is 0 Å². The molecule has 0 bridgehead atoms. The molecular weight excluding hydrogens is 263 g/mol. The summed E-state index contributed by atoms with van der Waals surface area (Å²) in [5, 5.41) is 0. The summed E-state index contributed by atoms with van der Waals surface area (Å²) in [5.74, 6) is 0.594. The number of carbonyl (C=O) groups excluding carboxylic acids is 1. The summed E-state index contributed by atoms with van der Waals surface area (Å²) in [6, 6.07) is 13.3. The van der Waals surface area contributed by atoms with E-state index in [1.54, 1.807) is 49.6 Å². The molecule has 0 atom stereocenters. The topological polar surface area (TPSA) is 26.3 Å². The minimum atomic E-state index is -0.296. The van der Waals surface area contributed by atoms with Gasteiger partial charge in [0.05, 0.1) is 12.9 Å². The lowest BCUT2D eigenvalue weighted by Crippen LogP contribution is -2.02. The van der Waals surface area contributed by atoms with Gasteiger partial charge >= 0.3 is 0 Å². The van der Waals surface area contributed by atoms with Gasteiger partial charge in [0, 0.05) is 10.5 Å². The SMILES string of the molecule is COc1ccc(C(=O)CSc2ccccc2F)cc1. The number of methoxy groups -OCH3 is 1. The van der Waals surface area contributed by atoms with Crippen LogP contribution in [0.25, 0.3) is 0 Å². The summed E-state index contributed by atoms with van der Waals surface area (Å²) in [7, 11) is 1.57. The van der Waals surface area contributed by atoms with Crippen LogP contribution in [-0.4, -0.2) is 18.6 Å². The summed E-state index contributed by atoms with van der Waals surface area (Å²) >= 11 is 1.20. The summed E-state index contributed by atoms with van der Waals surface area (Å²) in [6.07, 6.45) is 0. The lowest BCUT2D eigenvalue weighted by atomic mass is 10.1. The van der Waals surface area contributed by atoms with E-state index in [2.05, 4.69) is 0 Å². The lowest BCUT2D eigenvalue weighted by Gasteiger charge is -2.04. The smallest absolute Gasteiger partial charge is 0.173 e. The van der Waals surface area contributed by atoms with E-state index in [0.29, 0.717) is 16.2 Å². The molecule has 0 aromatic heterocycles. The third-order valence-corrected chi connectivity index (χ3v) is 3.66. The fourth-order valence-electron chi connectivity index (χ4n) is 1.57. The standard InChI is InChI=1S/C15H13FO2S/c1-18-12-8-6-11(7-9-12)14(17)10-19-15-5-3-2-4-13(15)16/h2-9H,10H2,1H3. The van der Waals surface area contributed by atoms with E-state index in [1.165, 1.54) is 17.8 Å². The van der Waals surface area contributed by atoms with Crippen LogP contribution in [0, 0.1) is 5.82 Å². The number of hydrogen-bond acceptors (Lipinski definition) is 3. The van der Waals surface area contributed by atoms with Crippen molar-refractivity contribution in [3.8, 4) is 5.75 Å². The van der Waals surface area contributed by atoms with E-state index in [1.807, 2.05) is 0 Å². The first kappa shape index (κ1) is 13.6. The molecule has 0 saturated carbocycles. The van der Waals surface area contributed by atoms with E-state index in [9.17, 15) is 9.18 Å². The highest BCUT2D eigenvalue weighted by molar-refractivity contribution is 8.00. The molecule has 2 aromatic carbocycles. The first-order valence-corrected chi connectivity index (χ1v) is 6.74. The zero-order chi connectivity index (χ0) is 13.7. The van der Waals surface area contributed by atoms with E-state index in [4.69, 9.17) is 4.74 Å².